The molecule has 0 spiro atoms. The second-order valence-electron chi connectivity index (χ2n) is 8.26. The van der Waals surface area contributed by atoms with Crippen LogP contribution < -0.4 is 5.32 Å². The van der Waals surface area contributed by atoms with Gasteiger partial charge in [-0.25, -0.2) is 29.3 Å². The van der Waals surface area contributed by atoms with E-state index in [1.54, 1.807) is 17.8 Å². The van der Waals surface area contributed by atoms with Gasteiger partial charge >= 0.3 is 0 Å². The number of hydrogen-bond donors (Lipinski definition) is 2. The van der Waals surface area contributed by atoms with Crippen LogP contribution in [-0.2, 0) is 0 Å². The molecule has 3 fully saturated rings. The number of nitrogens with zero attached hydrogens (tertiary/aromatic N) is 5. The van der Waals surface area contributed by atoms with Gasteiger partial charge in [0.05, 0.1) is 11.8 Å². The Morgan fingerprint density at radius 2 is 2.00 bits per heavy atom. The Bertz CT molecular complexity index is 1250. The van der Waals surface area contributed by atoms with E-state index in [2.05, 4.69) is 35.2 Å². The molecule has 3 aliphatic rings. The topological polar surface area (TPSA) is 92.3 Å². The lowest BCUT2D eigenvalue weighted by molar-refractivity contribution is 0.157. The fraction of sp³-hybridized carbons (Fsp3) is 0.381. The highest BCUT2D eigenvalue weighted by Gasteiger charge is 2.36. The SMILES string of the molecule is Fc1c(N[C@@H]2CC3CCC2CC3)nc(-c2c[nH]c3ncc(Cl)nc23)nc1-c1nccs1. The number of rotatable bonds is 4. The summed E-state index contributed by atoms with van der Waals surface area (Å²) in [5.41, 5.74) is 1.93. The highest BCUT2D eigenvalue weighted by molar-refractivity contribution is 7.13. The minimum absolute atomic E-state index is 0.188. The zero-order chi connectivity index (χ0) is 20.9. The summed E-state index contributed by atoms with van der Waals surface area (Å²) in [5.74, 6) is 1.39. The van der Waals surface area contributed by atoms with Crippen molar-refractivity contribution in [1.29, 1.82) is 0 Å². The van der Waals surface area contributed by atoms with Crippen LogP contribution in [0.25, 0.3) is 33.3 Å². The maximum absolute atomic E-state index is 15.6. The molecule has 0 aromatic carbocycles. The Morgan fingerprint density at radius 3 is 2.74 bits per heavy atom. The third kappa shape index (κ3) is 3.36. The lowest BCUT2D eigenvalue weighted by Crippen LogP contribution is -2.40. The molecule has 4 aromatic heterocycles. The molecule has 2 bridgehead atoms. The van der Waals surface area contributed by atoms with Crippen molar-refractivity contribution in [3.8, 4) is 22.1 Å². The predicted octanol–water partition coefficient (Wildman–Crippen LogP) is 5.32. The first kappa shape index (κ1) is 19.1. The van der Waals surface area contributed by atoms with Gasteiger partial charge in [0, 0.05) is 23.8 Å². The quantitative estimate of drug-likeness (QED) is 0.432. The van der Waals surface area contributed by atoms with Crippen molar-refractivity contribution < 1.29 is 4.39 Å². The van der Waals surface area contributed by atoms with E-state index in [1.165, 1.54) is 43.2 Å². The molecule has 2 N–H and O–H groups in total. The number of H-pyrrole nitrogens is 1. The first-order chi connectivity index (χ1) is 15.2. The van der Waals surface area contributed by atoms with E-state index in [0.29, 0.717) is 33.5 Å². The molecule has 3 saturated carbocycles. The molecule has 158 valence electrons. The van der Waals surface area contributed by atoms with Gasteiger partial charge in [0.1, 0.15) is 21.4 Å². The lowest BCUT2D eigenvalue weighted by atomic mass is 9.68. The zero-order valence-corrected chi connectivity index (χ0v) is 18.0. The molecule has 0 saturated heterocycles. The summed E-state index contributed by atoms with van der Waals surface area (Å²) >= 11 is 7.40. The van der Waals surface area contributed by atoms with Gasteiger partial charge in [-0.3, -0.25) is 0 Å². The normalized spacial score (nSPS) is 22.8. The fourth-order valence-corrected chi connectivity index (χ4v) is 5.67. The van der Waals surface area contributed by atoms with E-state index >= 15 is 4.39 Å². The summed E-state index contributed by atoms with van der Waals surface area (Å²) in [6.45, 7) is 0. The van der Waals surface area contributed by atoms with Crippen molar-refractivity contribution in [1.82, 2.24) is 29.9 Å². The number of aromatic nitrogens is 6. The predicted molar refractivity (Wildman–Crippen MR) is 118 cm³/mol. The van der Waals surface area contributed by atoms with Gasteiger partial charge in [-0.05, 0) is 31.1 Å². The highest BCUT2D eigenvalue weighted by atomic mass is 35.5. The second-order valence-corrected chi connectivity index (χ2v) is 9.54. The molecule has 10 heteroatoms. The minimum atomic E-state index is -0.468. The molecule has 0 radical (unpaired) electrons. The lowest BCUT2D eigenvalue weighted by Gasteiger charge is -2.42. The van der Waals surface area contributed by atoms with Gasteiger partial charge in [0.2, 0.25) is 0 Å². The molecule has 3 aliphatic carbocycles. The first-order valence-electron chi connectivity index (χ1n) is 10.4. The number of anilines is 1. The molecule has 31 heavy (non-hydrogen) atoms. The van der Waals surface area contributed by atoms with E-state index < -0.39 is 5.82 Å². The van der Waals surface area contributed by atoms with E-state index in [1.807, 2.05) is 0 Å². The summed E-state index contributed by atoms with van der Waals surface area (Å²) in [5, 5.41) is 6.01. The van der Waals surface area contributed by atoms with E-state index in [0.717, 1.165) is 12.3 Å². The molecule has 0 aliphatic heterocycles. The number of hydrogen-bond acceptors (Lipinski definition) is 7. The van der Waals surface area contributed by atoms with E-state index in [-0.39, 0.29) is 22.7 Å². The number of aromatic amines is 1. The third-order valence-electron chi connectivity index (χ3n) is 6.45. The number of fused-ring (bicyclic) bond motifs is 4. The van der Waals surface area contributed by atoms with Crippen LogP contribution in [0.15, 0.2) is 24.0 Å². The van der Waals surface area contributed by atoms with Crippen LogP contribution in [0.4, 0.5) is 10.2 Å². The molecule has 4 heterocycles. The Balaban J connectivity index is 1.47. The van der Waals surface area contributed by atoms with Crippen molar-refractivity contribution >= 4 is 39.9 Å². The van der Waals surface area contributed by atoms with Crippen LogP contribution in [-0.4, -0.2) is 35.9 Å². The second kappa shape index (κ2) is 7.49. The highest BCUT2D eigenvalue weighted by Crippen LogP contribution is 2.43. The Morgan fingerprint density at radius 1 is 1.13 bits per heavy atom. The number of thiazole rings is 1. The van der Waals surface area contributed by atoms with Crippen LogP contribution >= 0.6 is 22.9 Å². The van der Waals surface area contributed by atoms with Crippen molar-refractivity contribution in [2.24, 2.45) is 11.8 Å². The molecule has 1 atom stereocenters. The summed E-state index contributed by atoms with van der Waals surface area (Å²) in [6.07, 6.45) is 10.8. The van der Waals surface area contributed by atoms with Crippen LogP contribution in [0.2, 0.25) is 5.15 Å². The van der Waals surface area contributed by atoms with Gasteiger partial charge < -0.3 is 10.3 Å². The van der Waals surface area contributed by atoms with Crippen molar-refractivity contribution in [2.45, 2.75) is 38.1 Å². The monoisotopic (exact) mass is 455 g/mol. The number of halogens is 2. The Hall–Kier alpha value is -2.65. The third-order valence-corrected chi connectivity index (χ3v) is 7.41. The van der Waals surface area contributed by atoms with Gasteiger partial charge in [0.15, 0.2) is 23.1 Å². The Labute approximate surface area is 186 Å². The van der Waals surface area contributed by atoms with Crippen LogP contribution in [0, 0.1) is 17.7 Å². The summed E-state index contributed by atoms with van der Waals surface area (Å²) in [6, 6.07) is 0.228. The summed E-state index contributed by atoms with van der Waals surface area (Å²) in [4.78, 5) is 25.1. The standard InChI is InChI=1S/C21H19ClFN7S/c22-14-9-26-20-16(28-14)12(8-25-20)18-29-17(21-24-5-6-31-21)15(23)19(30-18)27-13-7-10-1-3-11(13)4-2-10/h5-6,8-11,13H,1-4,7H2,(H,25,26)(H,27,29,30)/t10?,11?,13-/m1/s1. The molecule has 7 nitrogen and oxygen atoms in total. The summed E-state index contributed by atoms with van der Waals surface area (Å²) in [7, 11) is 0. The molecule has 0 unspecified atom stereocenters. The molecule has 7 rings (SSSR count). The van der Waals surface area contributed by atoms with Gasteiger partial charge in [0.25, 0.3) is 0 Å². The molecular weight excluding hydrogens is 437 g/mol. The van der Waals surface area contributed by atoms with Crippen LogP contribution in [0.5, 0.6) is 0 Å². The first-order valence-corrected chi connectivity index (χ1v) is 11.7. The largest absolute Gasteiger partial charge is 0.364 e. The van der Waals surface area contributed by atoms with Gasteiger partial charge in [-0.1, -0.05) is 24.4 Å². The Kier molecular flexibility index (Phi) is 4.61. The van der Waals surface area contributed by atoms with E-state index in [9.17, 15) is 0 Å². The maximum atomic E-state index is 15.6. The van der Waals surface area contributed by atoms with Crippen molar-refractivity contribution in [3.63, 3.8) is 0 Å². The van der Waals surface area contributed by atoms with Crippen LogP contribution in [0.3, 0.4) is 0 Å². The van der Waals surface area contributed by atoms with Gasteiger partial charge in [-0.2, -0.15) is 0 Å². The number of nitrogens with one attached hydrogen (secondary N) is 2. The summed E-state index contributed by atoms with van der Waals surface area (Å²) < 4.78 is 15.6. The van der Waals surface area contributed by atoms with Crippen LogP contribution in [0.1, 0.15) is 32.1 Å². The smallest absolute Gasteiger partial charge is 0.194 e. The van der Waals surface area contributed by atoms with Crippen molar-refractivity contribution in [2.75, 3.05) is 5.32 Å². The van der Waals surface area contributed by atoms with Crippen molar-refractivity contribution in [3.05, 3.63) is 34.9 Å². The maximum Gasteiger partial charge on any atom is 0.194 e. The molecule has 4 aromatic rings. The van der Waals surface area contributed by atoms with E-state index in [4.69, 9.17) is 11.6 Å². The average molecular weight is 456 g/mol. The molecular formula is C21H19ClFN7S. The average Bonchev–Trinajstić information content (AvgIpc) is 3.46. The molecule has 0 amide bonds. The fourth-order valence-electron chi connectivity index (χ4n) is 4.92. The minimum Gasteiger partial charge on any atom is -0.364 e. The zero-order valence-electron chi connectivity index (χ0n) is 16.5. The van der Waals surface area contributed by atoms with Gasteiger partial charge in [-0.15, -0.1) is 11.3 Å².